The summed E-state index contributed by atoms with van der Waals surface area (Å²) in [4.78, 5) is 2.57. The molecule has 12 heavy (non-hydrogen) atoms. The van der Waals surface area contributed by atoms with Crippen LogP contribution in [0, 0.1) is 0 Å². The highest BCUT2D eigenvalue weighted by atomic mass is 15.2. The summed E-state index contributed by atoms with van der Waals surface area (Å²) >= 11 is 0. The molecule has 0 unspecified atom stereocenters. The molecular formula is C11H25N+. The molecule has 0 aliphatic rings. The Kier molecular flexibility index (Phi) is 6.45. The summed E-state index contributed by atoms with van der Waals surface area (Å²) in [5, 5.41) is 0. The fourth-order valence-electron chi connectivity index (χ4n) is 1.66. The first-order chi connectivity index (χ1) is 5.59. The van der Waals surface area contributed by atoms with Gasteiger partial charge in [-0.2, -0.15) is 4.90 Å². The molecule has 0 saturated heterocycles. The van der Waals surface area contributed by atoms with Crippen LogP contribution in [-0.4, -0.2) is 18.6 Å². The van der Waals surface area contributed by atoms with Crippen LogP contribution < -0.4 is 4.90 Å². The van der Waals surface area contributed by atoms with E-state index in [0.717, 1.165) is 0 Å². The molecule has 0 spiro atoms. The van der Waals surface area contributed by atoms with Crippen molar-refractivity contribution < 1.29 is 0 Å². The molecule has 73 valence electrons. The molecule has 0 bridgehead atoms. The van der Waals surface area contributed by atoms with Crippen LogP contribution in [0.5, 0.6) is 0 Å². The topological polar surface area (TPSA) is 5.90 Å². The lowest BCUT2D eigenvalue weighted by atomic mass is 10.2. The smallest absolute Gasteiger partial charge is 0.127 e. The summed E-state index contributed by atoms with van der Waals surface area (Å²) in [5.41, 5.74) is 0. The van der Waals surface area contributed by atoms with Crippen LogP contribution in [-0.2, 0) is 0 Å². The maximum atomic E-state index is 2.57. The molecule has 0 aromatic heterocycles. The Hall–Kier alpha value is -0.0400. The Bertz CT molecular complexity index is 89.2. The predicted molar refractivity (Wildman–Crippen MR) is 56.8 cm³/mol. The first-order valence-electron chi connectivity index (χ1n) is 5.35. The summed E-state index contributed by atoms with van der Waals surface area (Å²) in [6.45, 7) is 12.7. The Morgan fingerprint density at radius 1 is 0.917 bits per heavy atom. The number of nitrogens with zero attached hydrogens (tertiary/aromatic N) is 1. The van der Waals surface area contributed by atoms with Crippen LogP contribution in [0.25, 0.3) is 0 Å². The van der Waals surface area contributed by atoms with Crippen LogP contribution in [0.15, 0.2) is 0 Å². The molecule has 0 aliphatic carbocycles. The first-order valence-corrected chi connectivity index (χ1v) is 5.35. The monoisotopic (exact) mass is 171 g/mol. The average Bonchev–Trinajstić information content (AvgIpc) is 1.96. The Morgan fingerprint density at radius 2 is 1.42 bits per heavy atom. The number of rotatable bonds is 6. The third-order valence-corrected chi connectivity index (χ3v) is 2.35. The molecule has 0 amide bonds. The van der Waals surface area contributed by atoms with Gasteiger partial charge in [0.2, 0.25) is 0 Å². The third kappa shape index (κ3) is 4.76. The average molecular weight is 171 g/mol. The van der Waals surface area contributed by atoms with E-state index in [1.807, 2.05) is 0 Å². The quantitative estimate of drug-likeness (QED) is 0.428. The van der Waals surface area contributed by atoms with Crippen molar-refractivity contribution in [3.05, 3.63) is 0 Å². The molecule has 1 nitrogen and oxygen atoms in total. The first kappa shape index (κ1) is 12.0. The molecule has 0 fully saturated rings. The van der Waals surface area contributed by atoms with Crippen molar-refractivity contribution in [1.29, 1.82) is 0 Å². The summed E-state index contributed by atoms with van der Waals surface area (Å²) in [6, 6.07) is 1.39. The molecule has 0 aromatic rings. The maximum absolute atomic E-state index is 2.57. The highest BCUT2D eigenvalue weighted by molar-refractivity contribution is 4.73. The van der Waals surface area contributed by atoms with Gasteiger partial charge in [-0.1, -0.05) is 13.3 Å². The molecule has 0 N–H and O–H groups in total. The maximum Gasteiger partial charge on any atom is 0.127 e. The molecule has 0 aromatic carbocycles. The van der Waals surface area contributed by atoms with Gasteiger partial charge in [0.05, 0.1) is 0 Å². The van der Waals surface area contributed by atoms with Gasteiger partial charge in [-0.15, -0.1) is 0 Å². The van der Waals surface area contributed by atoms with Crippen molar-refractivity contribution >= 4 is 0 Å². The highest BCUT2D eigenvalue weighted by Crippen LogP contribution is 2.04. The van der Waals surface area contributed by atoms with E-state index in [1.54, 1.807) is 0 Å². The minimum atomic E-state index is 0.696. The van der Waals surface area contributed by atoms with Crippen molar-refractivity contribution in [1.82, 2.24) is 4.90 Å². The zero-order valence-corrected chi connectivity index (χ0v) is 9.43. The molecular weight excluding hydrogens is 146 g/mol. The summed E-state index contributed by atoms with van der Waals surface area (Å²) < 4.78 is 0. The standard InChI is InChI=1S/C11H25N/c1-6-7-8-9-12(10(2)3)11(4)5/h10-11H,6-9H2,1-5H3/q+1. The minimum Gasteiger partial charge on any atom is -0.166 e. The van der Waals surface area contributed by atoms with Crippen molar-refractivity contribution in [2.24, 2.45) is 0 Å². The molecule has 0 saturated carbocycles. The van der Waals surface area contributed by atoms with Gasteiger partial charge in [-0.05, 0) is 34.1 Å². The zero-order chi connectivity index (χ0) is 9.56. The third-order valence-electron chi connectivity index (χ3n) is 2.35. The van der Waals surface area contributed by atoms with Crippen LogP contribution in [0.2, 0.25) is 0 Å². The summed E-state index contributed by atoms with van der Waals surface area (Å²) in [7, 11) is 0. The lowest BCUT2D eigenvalue weighted by Crippen LogP contribution is -2.43. The van der Waals surface area contributed by atoms with Crippen molar-refractivity contribution in [3.63, 3.8) is 0 Å². The fourth-order valence-corrected chi connectivity index (χ4v) is 1.66. The fraction of sp³-hybridized carbons (Fsp3) is 1.00. The van der Waals surface area contributed by atoms with Crippen LogP contribution >= 0.6 is 0 Å². The van der Waals surface area contributed by atoms with Gasteiger partial charge in [0.1, 0.15) is 18.6 Å². The number of hydrogen-bond donors (Lipinski definition) is 0. The van der Waals surface area contributed by atoms with Gasteiger partial charge in [0, 0.05) is 6.42 Å². The molecule has 1 radical (unpaired) electrons. The van der Waals surface area contributed by atoms with Gasteiger partial charge < -0.3 is 0 Å². The second-order valence-electron chi connectivity index (χ2n) is 4.13. The van der Waals surface area contributed by atoms with Gasteiger partial charge in [0.15, 0.2) is 0 Å². The minimum absolute atomic E-state index is 0.696. The van der Waals surface area contributed by atoms with Gasteiger partial charge in [-0.25, -0.2) is 0 Å². The van der Waals surface area contributed by atoms with Crippen LogP contribution in [0.1, 0.15) is 53.9 Å². The Morgan fingerprint density at radius 3 is 1.75 bits per heavy atom. The molecule has 0 aliphatic heterocycles. The van der Waals surface area contributed by atoms with E-state index in [9.17, 15) is 0 Å². The van der Waals surface area contributed by atoms with Crippen molar-refractivity contribution in [2.45, 2.75) is 66.0 Å². The van der Waals surface area contributed by atoms with Gasteiger partial charge in [0.25, 0.3) is 0 Å². The van der Waals surface area contributed by atoms with E-state index in [-0.39, 0.29) is 0 Å². The Labute approximate surface area is 78.1 Å². The van der Waals surface area contributed by atoms with Gasteiger partial charge >= 0.3 is 0 Å². The lowest BCUT2D eigenvalue weighted by molar-refractivity contribution is 0.291. The number of unbranched alkanes of at least 4 members (excludes halogenated alkanes) is 2. The van der Waals surface area contributed by atoms with E-state index in [2.05, 4.69) is 39.5 Å². The summed E-state index contributed by atoms with van der Waals surface area (Å²) in [5.74, 6) is 0. The number of hydrogen-bond acceptors (Lipinski definition) is 1. The van der Waals surface area contributed by atoms with E-state index in [0.29, 0.717) is 12.1 Å². The van der Waals surface area contributed by atoms with E-state index < -0.39 is 0 Å². The van der Waals surface area contributed by atoms with Crippen LogP contribution in [0.4, 0.5) is 0 Å². The SMILES string of the molecule is CCCCC[N+](C(C)C)C(C)C. The second kappa shape index (κ2) is 6.47. The predicted octanol–water partition coefficient (Wildman–Crippen LogP) is 3.13. The van der Waals surface area contributed by atoms with E-state index in [4.69, 9.17) is 0 Å². The lowest BCUT2D eigenvalue weighted by Gasteiger charge is -2.19. The van der Waals surface area contributed by atoms with Gasteiger partial charge in [-0.3, -0.25) is 0 Å². The van der Waals surface area contributed by atoms with E-state index >= 15 is 0 Å². The van der Waals surface area contributed by atoms with Crippen LogP contribution in [0.3, 0.4) is 0 Å². The zero-order valence-electron chi connectivity index (χ0n) is 9.43. The molecule has 1 heteroatoms. The van der Waals surface area contributed by atoms with Crippen molar-refractivity contribution in [3.8, 4) is 0 Å². The highest BCUT2D eigenvalue weighted by Gasteiger charge is 2.21. The normalized spacial score (nSPS) is 12.0. The molecule has 0 rings (SSSR count). The molecule has 0 heterocycles. The van der Waals surface area contributed by atoms with E-state index in [1.165, 1.54) is 25.8 Å². The van der Waals surface area contributed by atoms with Crippen molar-refractivity contribution in [2.75, 3.05) is 6.54 Å². The summed E-state index contributed by atoms with van der Waals surface area (Å²) in [6.07, 6.45) is 4.05. The Balaban J connectivity index is 3.64. The molecule has 0 atom stereocenters. The largest absolute Gasteiger partial charge is 0.166 e. The second-order valence-corrected chi connectivity index (χ2v) is 4.13.